The van der Waals surface area contributed by atoms with Crippen molar-refractivity contribution in [3.63, 3.8) is 0 Å². The molecule has 0 saturated carbocycles. The molecule has 0 aliphatic carbocycles. The van der Waals surface area contributed by atoms with Crippen molar-refractivity contribution in [2.45, 2.75) is 6.54 Å². The summed E-state index contributed by atoms with van der Waals surface area (Å²) in [6, 6.07) is 12.0. The van der Waals surface area contributed by atoms with Crippen molar-refractivity contribution in [3.8, 4) is 0 Å². The van der Waals surface area contributed by atoms with Gasteiger partial charge in [0.15, 0.2) is 6.29 Å². The molecule has 2 heterocycles. The Morgan fingerprint density at radius 3 is 2.83 bits per heavy atom. The van der Waals surface area contributed by atoms with Crippen LogP contribution >= 0.6 is 27.3 Å². The molecule has 0 amide bonds. The number of aromatic nitrogens is 1. The Bertz CT molecular complexity index is 713. The van der Waals surface area contributed by atoms with Crippen molar-refractivity contribution in [3.05, 3.63) is 56.8 Å². The van der Waals surface area contributed by atoms with E-state index in [1.165, 1.54) is 4.88 Å². The molecule has 0 radical (unpaired) electrons. The molecule has 2 aromatic heterocycles. The van der Waals surface area contributed by atoms with Crippen molar-refractivity contribution in [1.29, 1.82) is 0 Å². The summed E-state index contributed by atoms with van der Waals surface area (Å²) >= 11 is 5.20. The molecular formula is C14H10BrNOS. The molecule has 90 valence electrons. The van der Waals surface area contributed by atoms with Crippen LogP contribution in [0.4, 0.5) is 0 Å². The molecular weight excluding hydrogens is 310 g/mol. The number of benzene rings is 1. The summed E-state index contributed by atoms with van der Waals surface area (Å²) in [7, 11) is 0. The first-order valence-corrected chi connectivity index (χ1v) is 7.16. The van der Waals surface area contributed by atoms with Gasteiger partial charge in [0.05, 0.1) is 10.3 Å². The molecule has 0 bridgehead atoms. The van der Waals surface area contributed by atoms with E-state index in [-0.39, 0.29) is 0 Å². The first-order chi connectivity index (χ1) is 8.78. The highest BCUT2D eigenvalue weighted by Crippen LogP contribution is 2.25. The molecule has 0 atom stereocenters. The van der Waals surface area contributed by atoms with Gasteiger partial charge in [-0.3, -0.25) is 4.79 Å². The van der Waals surface area contributed by atoms with Crippen LogP contribution in [0.25, 0.3) is 10.9 Å². The smallest absolute Gasteiger partial charge is 0.150 e. The second kappa shape index (κ2) is 4.71. The Hall–Kier alpha value is -1.39. The van der Waals surface area contributed by atoms with E-state index >= 15 is 0 Å². The van der Waals surface area contributed by atoms with Gasteiger partial charge in [0.1, 0.15) is 0 Å². The van der Waals surface area contributed by atoms with Crippen LogP contribution in [-0.2, 0) is 6.54 Å². The number of fused-ring (bicyclic) bond motifs is 1. The lowest BCUT2D eigenvalue weighted by molar-refractivity contribution is 0.112. The molecule has 2 nitrogen and oxygen atoms in total. The molecule has 0 N–H and O–H groups in total. The van der Waals surface area contributed by atoms with Crippen molar-refractivity contribution in [2.24, 2.45) is 0 Å². The Morgan fingerprint density at radius 2 is 2.11 bits per heavy atom. The molecule has 3 aromatic rings. The van der Waals surface area contributed by atoms with Gasteiger partial charge in [-0.15, -0.1) is 11.3 Å². The van der Waals surface area contributed by atoms with E-state index in [4.69, 9.17) is 0 Å². The topological polar surface area (TPSA) is 22.0 Å². The number of carbonyl (C=O) groups excluding carboxylic acids is 1. The standard InChI is InChI=1S/C14H10BrNOS/c15-14-5-4-11(18-14)8-16-7-6-12-10(9-17)2-1-3-13(12)16/h1-7,9H,8H2. The zero-order chi connectivity index (χ0) is 12.5. The SMILES string of the molecule is O=Cc1cccc2c1ccn2Cc1ccc(Br)s1. The summed E-state index contributed by atoms with van der Waals surface area (Å²) in [5.41, 5.74) is 1.85. The van der Waals surface area contributed by atoms with E-state index in [0.29, 0.717) is 0 Å². The fraction of sp³-hybridized carbons (Fsp3) is 0.0714. The number of nitrogens with zero attached hydrogens (tertiary/aromatic N) is 1. The number of halogens is 1. The second-order valence-corrected chi connectivity index (χ2v) is 6.59. The third-order valence-electron chi connectivity index (χ3n) is 2.93. The van der Waals surface area contributed by atoms with Gasteiger partial charge in [-0.25, -0.2) is 0 Å². The minimum Gasteiger partial charge on any atom is -0.342 e. The number of hydrogen-bond acceptors (Lipinski definition) is 2. The summed E-state index contributed by atoms with van der Waals surface area (Å²) in [5.74, 6) is 0. The molecule has 1 aromatic carbocycles. The Kier molecular flexibility index (Phi) is 3.06. The van der Waals surface area contributed by atoms with Crippen LogP contribution in [0.2, 0.25) is 0 Å². The lowest BCUT2D eigenvalue weighted by Gasteiger charge is -2.03. The number of rotatable bonds is 3. The van der Waals surface area contributed by atoms with Gasteiger partial charge in [0, 0.05) is 27.5 Å². The van der Waals surface area contributed by atoms with Crippen molar-refractivity contribution in [2.75, 3.05) is 0 Å². The van der Waals surface area contributed by atoms with Crippen LogP contribution in [0.3, 0.4) is 0 Å². The zero-order valence-electron chi connectivity index (χ0n) is 9.47. The summed E-state index contributed by atoms with van der Waals surface area (Å²) in [6.07, 6.45) is 2.94. The number of thiophene rings is 1. The Balaban J connectivity index is 2.05. The predicted molar refractivity (Wildman–Crippen MR) is 78.4 cm³/mol. The van der Waals surface area contributed by atoms with E-state index in [0.717, 1.165) is 33.1 Å². The second-order valence-electron chi connectivity index (χ2n) is 4.05. The average molecular weight is 320 g/mol. The quantitative estimate of drug-likeness (QED) is 0.659. The van der Waals surface area contributed by atoms with Crippen molar-refractivity contribution < 1.29 is 4.79 Å². The van der Waals surface area contributed by atoms with Gasteiger partial charge in [-0.05, 0) is 40.2 Å². The highest BCUT2D eigenvalue weighted by Gasteiger charge is 2.06. The largest absolute Gasteiger partial charge is 0.342 e. The molecule has 0 spiro atoms. The first-order valence-electron chi connectivity index (χ1n) is 5.55. The summed E-state index contributed by atoms with van der Waals surface area (Å²) in [4.78, 5) is 12.3. The van der Waals surface area contributed by atoms with Gasteiger partial charge in [0.2, 0.25) is 0 Å². The van der Waals surface area contributed by atoms with E-state index in [2.05, 4.69) is 32.6 Å². The van der Waals surface area contributed by atoms with Crippen LogP contribution < -0.4 is 0 Å². The van der Waals surface area contributed by atoms with E-state index in [9.17, 15) is 4.79 Å². The fourth-order valence-corrected chi connectivity index (χ4v) is 3.57. The molecule has 0 aliphatic rings. The van der Waals surface area contributed by atoms with Gasteiger partial charge in [-0.2, -0.15) is 0 Å². The van der Waals surface area contributed by atoms with Crippen molar-refractivity contribution in [1.82, 2.24) is 4.57 Å². The van der Waals surface area contributed by atoms with Gasteiger partial charge in [-0.1, -0.05) is 12.1 Å². The number of hydrogen-bond donors (Lipinski definition) is 0. The summed E-state index contributed by atoms with van der Waals surface area (Å²) in [5, 5.41) is 1.02. The third-order valence-corrected chi connectivity index (χ3v) is 4.54. The van der Waals surface area contributed by atoms with Crippen LogP contribution in [-0.4, -0.2) is 10.9 Å². The molecule has 0 fully saturated rings. The van der Waals surface area contributed by atoms with E-state index in [1.807, 2.05) is 30.5 Å². The Labute approximate surface area is 117 Å². The lowest BCUT2D eigenvalue weighted by atomic mass is 10.1. The van der Waals surface area contributed by atoms with Crippen LogP contribution in [0.15, 0.2) is 46.4 Å². The van der Waals surface area contributed by atoms with E-state index < -0.39 is 0 Å². The van der Waals surface area contributed by atoms with Gasteiger partial charge in [0.25, 0.3) is 0 Å². The fourth-order valence-electron chi connectivity index (χ4n) is 2.09. The van der Waals surface area contributed by atoms with Crippen molar-refractivity contribution >= 4 is 44.5 Å². The van der Waals surface area contributed by atoms with Gasteiger partial charge >= 0.3 is 0 Å². The first kappa shape index (κ1) is 11.7. The predicted octanol–water partition coefficient (Wildman–Crippen LogP) is 4.33. The summed E-state index contributed by atoms with van der Waals surface area (Å²) in [6.45, 7) is 0.835. The maximum atomic E-state index is 11.0. The third kappa shape index (κ3) is 2.02. The van der Waals surface area contributed by atoms with Crippen LogP contribution in [0.5, 0.6) is 0 Å². The molecule has 0 unspecified atom stereocenters. The highest BCUT2D eigenvalue weighted by molar-refractivity contribution is 9.11. The maximum absolute atomic E-state index is 11.0. The number of carbonyl (C=O) groups is 1. The Morgan fingerprint density at radius 1 is 1.22 bits per heavy atom. The van der Waals surface area contributed by atoms with Gasteiger partial charge < -0.3 is 4.57 Å². The minimum absolute atomic E-state index is 0.749. The lowest BCUT2D eigenvalue weighted by Crippen LogP contribution is -1.95. The maximum Gasteiger partial charge on any atom is 0.150 e. The molecule has 18 heavy (non-hydrogen) atoms. The zero-order valence-corrected chi connectivity index (χ0v) is 11.9. The van der Waals surface area contributed by atoms with Crippen LogP contribution in [0, 0.1) is 0 Å². The summed E-state index contributed by atoms with van der Waals surface area (Å²) < 4.78 is 3.31. The normalized spacial score (nSPS) is 10.9. The minimum atomic E-state index is 0.749. The molecule has 0 saturated heterocycles. The monoisotopic (exact) mass is 319 g/mol. The molecule has 0 aliphatic heterocycles. The molecule has 3 rings (SSSR count). The van der Waals surface area contributed by atoms with Crippen LogP contribution in [0.1, 0.15) is 15.2 Å². The average Bonchev–Trinajstić information content (AvgIpc) is 2.97. The molecule has 4 heteroatoms. The van der Waals surface area contributed by atoms with E-state index in [1.54, 1.807) is 11.3 Å². The highest BCUT2D eigenvalue weighted by atomic mass is 79.9. The number of aldehydes is 1.